The number of hydrogen-bond acceptors (Lipinski definition) is 3. The first-order valence-electron chi connectivity index (χ1n) is 5.60. The van der Waals surface area contributed by atoms with E-state index in [4.69, 9.17) is 20.6 Å². The Kier molecular flexibility index (Phi) is 5.81. The van der Waals surface area contributed by atoms with Crippen molar-refractivity contribution in [2.24, 2.45) is 0 Å². The molecule has 1 rings (SSSR count). The van der Waals surface area contributed by atoms with Crippen molar-refractivity contribution >= 4 is 0 Å². The zero-order chi connectivity index (χ0) is 12.5. The van der Waals surface area contributed by atoms with E-state index in [2.05, 4.69) is 5.92 Å². The van der Waals surface area contributed by atoms with E-state index in [9.17, 15) is 0 Å². The minimum Gasteiger partial charge on any atom is -0.493 e. The lowest BCUT2D eigenvalue weighted by molar-refractivity contribution is 0.269. The van der Waals surface area contributed by atoms with E-state index in [1.54, 1.807) is 14.2 Å². The second-order valence-corrected chi connectivity index (χ2v) is 3.50. The number of benzene rings is 1. The Morgan fingerprint density at radius 2 is 1.76 bits per heavy atom. The van der Waals surface area contributed by atoms with E-state index in [1.807, 2.05) is 18.2 Å². The second kappa shape index (κ2) is 7.45. The molecular weight excluding hydrogens is 216 g/mol. The molecular formula is C14H18O3. The Morgan fingerprint density at radius 1 is 1.12 bits per heavy atom. The van der Waals surface area contributed by atoms with Crippen LogP contribution in [0.1, 0.15) is 19.3 Å². The fourth-order valence-electron chi connectivity index (χ4n) is 1.46. The molecule has 0 saturated carbocycles. The van der Waals surface area contributed by atoms with Crippen LogP contribution >= 0.6 is 0 Å². The Bertz CT molecular complexity index is 357. The van der Waals surface area contributed by atoms with Crippen molar-refractivity contribution in [3.8, 4) is 29.6 Å². The number of unbranched alkanes of at least 4 members (excludes halogenated alkanes) is 2. The molecule has 0 spiro atoms. The third kappa shape index (κ3) is 3.92. The van der Waals surface area contributed by atoms with Crippen molar-refractivity contribution in [1.29, 1.82) is 0 Å². The molecule has 0 bridgehead atoms. The van der Waals surface area contributed by atoms with E-state index in [-0.39, 0.29) is 0 Å². The smallest absolute Gasteiger partial charge is 0.203 e. The molecule has 3 heteroatoms. The molecule has 3 nitrogen and oxygen atoms in total. The topological polar surface area (TPSA) is 27.7 Å². The molecule has 0 aromatic heterocycles. The van der Waals surface area contributed by atoms with Gasteiger partial charge in [0.05, 0.1) is 20.8 Å². The maximum Gasteiger partial charge on any atom is 0.203 e. The molecule has 0 N–H and O–H groups in total. The summed E-state index contributed by atoms with van der Waals surface area (Å²) in [6.07, 6.45) is 7.85. The summed E-state index contributed by atoms with van der Waals surface area (Å²) in [5, 5.41) is 0. The van der Waals surface area contributed by atoms with Gasteiger partial charge < -0.3 is 14.2 Å². The van der Waals surface area contributed by atoms with Crippen LogP contribution in [0, 0.1) is 12.3 Å². The molecule has 0 aliphatic rings. The van der Waals surface area contributed by atoms with Crippen molar-refractivity contribution in [2.75, 3.05) is 20.8 Å². The van der Waals surface area contributed by atoms with Gasteiger partial charge in [-0.05, 0) is 25.0 Å². The van der Waals surface area contributed by atoms with E-state index in [1.165, 1.54) is 0 Å². The molecule has 0 fully saturated rings. The average Bonchev–Trinajstić information content (AvgIpc) is 2.38. The standard InChI is InChI=1S/C14H18O3/c1-4-5-6-7-11-17-14-12(15-2)9-8-10-13(14)16-3/h1,8-10H,5-7,11H2,2-3H3. The fraction of sp³-hybridized carbons (Fsp3) is 0.429. The summed E-state index contributed by atoms with van der Waals surface area (Å²) in [5.74, 6) is 4.62. The summed E-state index contributed by atoms with van der Waals surface area (Å²) in [4.78, 5) is 0. The number of rotatable bonds is 7. The first-order valence-corrected chi connectivity index (χ1v) is 5.60. The first-order chi connectivity index (χ1) is 8.33. The van der Waals surface area contributed by atoms with Crippen LogP contribution in [-0.2, 0) is 0 Å². The summed E-state index contributed by atoms with van der Waals surface area (Å²) in [5.41, 5.74) is 0. The van der Waals surface area contributed by atoms with Crippen molar-refractivity contribution in [1.82, 2.24) is 0 Å². The van der Waals surface area contributed by atoms with Gasteiger partial charge in [0.25, 0.3) is 0 Å². The molecule has 92 valence electrons. The summed E-state index contributed by atoms with van der Waals surface area (Å²) in [6.45, 7) is 0.610. The van der Waals surface area contributed by atoms with Gasteiger partial charge in [0, 0.05) is 6.42 Å². The minimum absolute atomic E-state index is 0.610. The summed E-state index contributed by atoms with van der Waals surface area (Å²) >= 11 is 0. The molecule has 0 atom stereocenters. The van der Waals surface area contributed by atoms with E-state index < -0.39 is 0 Å². The molecule has 0 aliphatic heterocycles. The Hall–Kier alpha value is -1.82. The molecule has 17 heavy (non-hydrogen) atoms. The Morgan fingerprint density at radius 3 is 2.29 bits per heavy atom. The van der Waals surface area contributed by atoms with Crippen LogP contribution in [0.5, 0.6) is 17.2 Å². The molecule has 1 aromatic carbocycles. The monoisotopic (exact) mass is 234 g/mol. The zero-order valence-electron chi connectivity index (χ0n) is 10.4. The Labute approximate surface area is 103 Å². The van der Waals surface area contributed by atoms with Gasteiger partial charge in [-0.1, -0.05) is 6.07 Å². The maximum atomic E-state index is 5.68. The highest BCUT2D eigenvalue weighted by atomic mass is 16.5. The normalized spacial score (nSPS) is 9.47. The fourth-order valence-corrected chi connectivity index (χ4v) is 1.46. The number of methoxy groups -OCH3 is 2. The van der Waals surface area contributed by atoms with Gasteiger partial charge in [0.15, 0.2) is 11.5 Å². The van der Waals surface area contributed by atoms with Crippen LogP contribution < -0.4 is 14.2 Å². The van der Waals surface area contributed by atoms with Crippen LogP contribution in [0.15, 0.2) is 18.2 Å². The van der Waals surface area contributed by atoms with Gasteiger partial charge in [-0.3, -0.25) is 0 Å². The predicted octanol–water partition coefficient (Wildman–Crippen LogP) is 2.89. The lowest BCUT2D eigenvalue weighted by Gasteiger charge is -2.13. The van der Waals surface area contributed by atoms with Crippen LogP contribution in [0.3, 0.4) is 0 Å². The number of hydrogen-bond donors (Lipinski definition) is 0. The van der Waals surface area contributed by atoms with Gasteiger partial charge in [-0.2, -0.15) is 0 Å². The lowest BCUT2D eigenvalue weighted by atomic mass is 10.2. The van der Waals surface area contributed by atoms with Gasteiger partial charge in [-0.15, -0.1) is 12.3 Å². The third-order valence-corrected chi connectivity index (χ3v) is 2.34. The number of ether oxygens (including phenoxy) is 3. The average molecular weight is 234 g/mol. The van der Waals surface area contributed by atoms with Gasteiger partial charge >= 0.3 is 0 Å². The van der Waals surface area contributed by atoms with Crippen molar-refractivity contribution in [3.63, 3.8) is 0 Å². The quantitative estimate of drug-likeness (QED) is 0.536. The molecule has 1 aromatic rings. The van der Waals surface area contributed by atoms with E-state index >= 15 is 0 Å². The molecule has 0 radical (unpaired) electrons. The number of terminal acetylenes is 1. The summed E-state index contributed by atoms with van der Waals surface area (Å²) in [7, 11) is 3.22. The number of para-hydroxylation sites is 1. The largest absolute Gasteiger partial charge is 0.493 e. The highest BCUT2D eigenvalue weighted by molar-refractivity contribution is 5.51. The molecule has 0 aliphatic carbocycles. The van der Waals surface area contributed by atoms with Crippen molar-refractivity contribution in [2.45, 2.75) is 19.3 Å². The predicted molar refractivity (Wildman–Crippen MR) is 67.7 cm³/mol. The molecule has 0 amide bonds. The zero-order valence-corrected chi connectivity index (χ0v) is 10.4. The van der Waals surface area contributed by atoms with Crippen LogP contribution in [0.4, 0.5) is 0 Å². The van der Waals surface area contributed by atoms with Crippen molar-refractivity contribution in [3.05, 3.63) is 18.2 Å². The minimum atomic E-state index is 0.610. The maximum absolute atomic E-state index is 5.68. The van der Waals surface area contributed by atoms with Gasteiger partial charge in [0.1, 0.15) is 0 Å². The van der Waals surface area contributed by atoms with E-state index in [0.717, 1.165) is 19.3 Å². The summed E-state index contributed by atoms with van der Waals surface area (Å²) in [6, 6.07) is 5.56. The van der Waals surface area contributed by atoms with Crippen molar-refractivity contribution < 1.29 is 14.2 Å². The van der Waals surface area contributed by atoms with Gasteiger partial charge in [0.2, 0.25) is 5.75 Å². The summed E-state index contributed by atoms with van der Waals surface area (Å²) < 4.78 is 16.1. The molecule has 0 unspecified atom stereocenters. The van der Waals surface area contributed by atoms with Crippen LogP contribution in [0.25, 0.3) is 0 Å². The third-order valence-electron chi connectivity index (χ3n) is 2.34. The van der Waals surface area contributed by atoms with Gasteiger partial charge in [-0.25, -0.2) is 0 Å². The van der Waals surface area contributed by atoms with Crippen LogP contribution in [0.2, 0.25) is 0 Å². The Balaban J connectivity index is 2.59. The first kappa shape index (κ1) is 13.2. The highest BCUT2D eigenvalue weighted by Crippen LogP contribution is 2.36. The highest BCUT2D eigenvalue weighted by Gasteiger charge is 2.10. The lowest BCUT2D eigenvalue weighted by Crippen LogP contribution is -2.01. The second-order valence-electron chi connectivity index (χ2n) is 3.50. The van der Waals surface area contributed by atoms with E-state index in [0.29, 0.717) is 23.9 Å². The molecule has 0 heterocycles. The SMILES string of the molecule is C#CCCCCOc1c(OC)cccc1OC. The molecule has 0 saturated heterocycles. The van der Waals surface area contributed by atoms with Crippen LogP contribution in [-0.4, -0.2) is 20.8 Å².